The second kappa shape index (κ2) is 10.7. The van der Waals surface area contributed by atoms with Crippen LogP contribution < -0.4 is 9.47 Å². The summed E-state index contributed by atoms with van der Waals surface area (Å²) in [4.78, 5) is 37.2. The molecule has 0 aromatic heterocycles. The second-order valence-electron chi connectivity index (χ2n) is 6.38. The van der Waals surface area contributed by atoms with Crippen LogP contribution in [0.4, 0.5) is 4.79 Å². The highest BCUT2D eigenvalue weighted by Gasteiger charge is 2.36. The summed E-state index contributed by atoms with van der Waals surface area (Å²) in [6.07, 6.45) is 1.60. The van der Waals surface area contributed by atoms with Gasteiger partial charge in [0.1, 0.15) is 13.2 Å². The van der Waals surface area contributed by atoms with Gasteiger partial charge < -0.3 is 14.2 Å². The van der Waals surface area contributed by atoms with E-state index in [9.17, 15) is 14.4 Å². The highest BCUT2D eigenvalue weighted by molar-refractivity contribution is 14.1. The van der Waals surface area contributed by atoms with Crippen LogP contribution in [0.1, 0.15) is 18.1 Å². The SMILES string of the molecule is CCOc1cc(/C=C2\SC(=O)N(CC(=O)OC)C2=O)cc(I)c1OCc1ccccc1. The minimum absolute atomic E-state index is 0.227. The Hall–Kier alpha value is -2.53. The number of amides is 2. The van der Waals surface area contributed by atoms with E-state index in [0.29, 0.717) is 30.3 Å². The van der Waals surface area contributed by atoms with E-state index in [2.05, 4.69) is 27.3 Å². The highest BCUT2D eigenvalue weighted by atomic mass is 127. The maximum absolute atomic E-state index is 12.5. The van der Waals surface area contributed by atoms with Crippen molar-refractivity contribution in [3.63, 3.8) is 0 Å². The van der Waals surface area contributed by atoms with Crippen LogP contribution in [0.25, 0.3) is 6.08 Å². The molecule has 2 amide bonds. The standard InChI is InChI=1S/C22H20INO6S/c1-3-29-17-10-15(9-16(23)20(17)30-13-14-7-5-4-6-8-14)11-18-21(26)24(22(27)31-18)12-19(25)28-2/h4-11H,3,12-13H2,1-2H3/b18-11-. The number of nitrogens with zero attached hydrogens (tertiary/aromatic N) is 1. The summed E-state index contributed by atoms with van der Waals surface area (Å²) in [5, 5.41) is -0.510. The number of methoxy groups -OCH3 is 1. The van der Waals surface area contributed by atoms with Gasteiger partial charge in [-0.1, -0.05) is 30.3 Å². The number of rotatable bonds is 8. The smallest absolute Gasteiger partial charge is 0.325 e. The van der Waals surface area contributed by atoms with E-state index in [1.807, 2.05) is 43.3 Å². The van der Waals surface area contributed by atoms with E-state index in [4.69, 9.17) is 9.47 Å². The Bertz CT molecular complexity index is 1020. The second-order valence-corrected chi connectivity index (χ2v) is 8.54. The first kappa shape index (κ1) is 23.1. The third-order valence-electron chi connectivity index (χ3n) is 4.24. The van der Waals surface area contributed by atoms with Crippen LogP contribution in [0.3, 0.4) is 0 Å². The molecule has 0 radical (unpaired) electrons. The van der Waals surface area contributed by atoms with Gasteiger partial charge in [-0.25, -0.2) is 0 Å². The van der Waals surface area contributed by atoms with Gasteiger partial charge in [-0.2, -0.15) is 0 Å². The molecule has 0 unspecified atom stereocenters. The van der Waals surface area contributed by atoms with E-state index < -0.39 is 23.7 Å². The average Bonchev–Trinajstić information content (AvgIpc) is 3.01. The zero-order chi connectivity index (χ0) is 22.4. The van der Waals surface area contributed by atoms with E-state index in [0.717, 1.165) is 25.8 Å². The maximum atomic E-state index is 12.5. The molecular weight excluding hydrogens is 533 g/mol. The monoisotopic (exact) mass is 553 g/mol. The highest BCUT2D eigenvalue weighted by Crippen LogP contribution is 2.37. The van der Waals surface area contributed by atoms with Crippen molar-refractivity contribution >= 4 is 57.5 Å². The van der Waals surface area contributed by atoms with Crippen molar-refractivity contribution in [3.8, 4) is 11.5 Å². The minimum Gasteiger partial charge on any atom is -0.490 e. The van der Waals surface area contributed by atoms with Crippen LogP contribution >= 0.6 is 34.4 Å². The zero-order valence-electron chi connectivity index (χ0n) is 16.9. The number of ether oxygens (including phenoxy) is 3. The van der Waals surface area contributed by atoms with Gasteiger partial charge in [-0.15, -0.1) is 0 Å². The van der Waals surface area contributed by atoms with Gasteiger partial charge >= 0.3 is 5.97 Å². The topological polar surface area (TPSA) is 82.1 Å². The Labute approximate surface area is 197 Å². The number of hydrogen-bond donors (Lipinski definition) is 0. The van der Waals surface area contributed by atoms with E-state index in [1.165, 1.54) is 7.11 Å². The number of benzene rings is 2. The normalized spacial score (nSPS) is 14.8. The van der Waals surface area contributed by atoms with Crippen molar-refractivity contribution in [3.05, 3.63) is 62.1 Å². The molecule has 31 heavy (non-hydrogen) atoms. The number of hydrogen-bond acceptors (Lipinski definition) is 7. The number of thioether (sulfide) groups is 1. The third-order valence-corrected chi connectivity index (χ3v) is 5.95. The first-order valence-corrected chi connectivity index (χ1v) is 11.3. The predicted octanol–water partition coefficient (Wildman–Crippen LogP) is 4.48. The lowest BCUT2D eigenvalue weighted by Gasteiger charge is -2.15. The van der Waals surface area contributed by atoms with Gasteiger partial charge in [0.15, 0.2) is 11.5 Å². The summed E-state index contributed by atoms with van der Waals surface area (Å²) in [6, 6.07) is 13.4. The molecule has 1 aliphatic heterocycles. The first-order chi connectivity index (χ1) is 14.9. The Kier molecular flexibility index (Phi) is 7.97. The van der Waals surface area contributed by atoms with Gasteiger partial charge in [0.05, 0.1) is 22.2 Å². The predicted molar refractivity (Wildman–Crippen MR) is 126 cm³/mol. The van der Waals surface area contributed by atoms with E-state index in [1.54, 1.807) is 12.1 Å². The van der Waals surface area contributed by atoms with Crippen molar-refractivity contribution < 1.29 is 28.6 Å². The van der Waals surface area contributed by atoms with Crippen molar-refractivity contribution in [1.29, 1.82) is 0 Å². The largest absolute Gasteiger partial charge is 0.490 e. The van der Waals surface area contributed by atoms with Crippen LogP contribution in [0.5, 0.6) is 11.5 Å². The summed E-state index contributed by atoms with van der Waals surface area (Å²) in [5.74, 6) is -0.0259. The zero-order valence-corrected chi connectivity index (χ0v) is 19.9. The first-order valence-electron chi connectivity index (χ1n) is 9.38. The van der Waals surface area contributed by atoms with Crippen LogP contribution in [-0.2, 0) is 20.9 Å². The van der Waals surface area contributed by atoms with E-state index >= 15 is 0 Å². The fraction of sp³-hybridized carbons (Fsp3) is 0.227. The Morgan fingerprint density at radius 1 is 1.16 bits per heavy atom. The van der Waals surface area contributed by atoms with E-state index in [-0.39, 0.29) is 4.91 Å². The molecule has 2 aromatic carbocycles. The van der Waals surface area contributed by atoms with Gasteiger partial charge in [0, 0.05) is 0 Å². The number of imide groups is 1. The molecule has 9 heteroatoms. The molecular formula is C22H20INO6S. The van der Waals surface area contributed by atoms with Crippen LogP contribution in [0, 0.1) is 3.57 Å². The molecule has 0 N–H and O–H groups in total. The summed E-state index contributed by atoms with van der Waals surface area (Å²) >= 11 is 2.93. The average molecular weight is 553 g/mol. The molecule has 1 saturated heterocycles. The summed E-state index contributed by atoms with van der Waals surface area (Å²) in [5.41, 5.74) is 1.72. The lowest BCUT2D eigenvalue weighted by atomic mass is 10.1. The summed E-state index contributed by atoms with van der Waals surface area (Å²) < 4.78 is 17.1. The maximum Gasteiger partial charge on any atom is 0.325 e. The van der Waals surface area contributed by atoms with Crippen molar-refractivity contribution in [1.82, 2.24) is 4.90 Å². The summed E-state index contributed by atoms with van der Waals surface area (Å²) in [7, 11) is 1.20. The quantitative estimate of drug-likeness (QED) is 0.271. The number of carbonyl (C=O) groups excluding carboxylic acids is 3. The molecule has 7 nitrogen and oxygen atoms in total. The van der Waals surface area contributed by atoms with Crippen LogP contribution in [0.2, 0.25) is 0 Å². The fourth-order valence-corrected chi connectivity index (χ4v) is 4.40. The molecule has 0 atom stereocenters. The number of carbonyl (C=O) groups is 3. The van der Waals surface area contributed by atoms with Crippen molar-refractivity contribution in [2.45, 2.75) is 13.5 Å². The lowest BCUT2D eigenvalue weighted by Crippen LogP contribution is -2.34. The Balaban J connectivity index is 1.84. The molecule has 0 saturated carbocycles. The molecule has 0 spiro atoms. The molecule has 1 heterocycles. The fourth-order valence-electron chi connectivity index (χ4n) is 2.79. The van der Waals surface area contributed by atoms with Gasteiger partial charge in [-0.3, -0.25) is 19.3 Å². The molecule has 3 rings (SSSR count). The third kappa shape index (κ3) is 5.79. The molecule has 1 fully saturated rings. The summed E-state index contributed by atoms with van der Waals surface area (Å²) in [6.45, 7) is 2.30. The lowest BCUT2D eigenvalue weighted by molar-refractivity contribution is -0.143. The van der Waals surface area contributed by atoms with Crippen molar-refractivity contribution in [2.75, 3.05) is 20.3 Å². The van der Waals surface area contributed by atoms with Gasteiger partial charge in [-0.05, 0) is 70.6 Å². The van der Waals surface area contributed by atoms with Crippen LogP contribution in [0.15, 0.2) is 47.4 Å². The number of halogens is 1. The van der Waals surface area contributed by atoms with Gasteiger partial charge in [0.2, 0.25) is 0 Å². The molecule has 1 aliphatic rings. The van der Waals surface area contributed by atoms with Crippen molar-refractivity contribution in [2.24, 2.45) is 0 Å². The number of esters is 1. The molecule has 0 bridgehead atoms. The molecule has 162 valence electrons. The Morgan fingerprint density at radius 2 is 1.90 bits per heavy atom. The molecule has 2 aromatic rings. The molecule has 0 aliphatic carbocycles. The van der Waals surface area contributed by atoms with Gasteiger partial charge in [0.25, 0.3) is 11.1 Å². The van der Waals surface area contributed by atoms with Crippen LogP contribution in [-0.4, -0.2) is 42.3 Å². The Morgan fingerprint density at radius 3 is 2.58 bits per heavy atom. The minimum atomic E-state index is -0.656.